The molecule has 1 heterocycles. The van der Waals surface area contributed by atoms with Crippen LogP contribution in [0.4, 0.5) is 4.39 Å². The number of hydrogen-bond donors (Lipinski definition) is 2. The van der Waals surface area contributed by atoms with Gasteiger partial charge in [-0.15, -0.1) is 0 Å². The molecule has 3 aromatic carbocycles. The fourth-order valence-electron chi connectivity index (χ4n) is 3.96. The third kappa shape index (κ3) is 4.36. The third-order valence-corrected chi connectivity index (χ3v) is 5.71. The van der Waals surface area contributed by atoms with Crippen molar-refractivity contribution in [1.82, 2.24) is 4.98 Å². The predicted molar refractivity (Wildman–Crippen MR) is 129 cm³/mol. The number of aliphatic carboxylic acids is 1. The lowest BCUT2D eigenvalue weighted by atomic mass is 9.86. The summed E-state index contributed by atoms with van der Waals surface area (Å²) in [4.78, 5) is 14.1. The minimum atomic E-state index is -0.993. The number of fused-ring (bicyclic) bond motifs is 1. The molecular weight excluding hydrogens is 425 g/mol. The number of allylic oxidation sites excluding steroid dienone is 1. The van der Waals surface area contributed by atoms with E-state index in [9.17, 15) is 9.18 Å². The van der Waals surface area contributed by atoms with Crippen molar-refractivity contribution in [3.8, 4) is 0 Å². The molecule has 0 spiro atoms. The van der Waals surface area contributed by atoms with Crippen LogP contribution < -0.4 is 0 Å². The van der Waals surface area contributed by atoms with Crippen LogP contribution in [0.2, 0.25) is 5.02 Å². The largest absolute Gasteiger partial charge is 0.478 e. The predicted octanol–water partition coefficient (Wildman–Crippen LogP) is 7.43. The number of carboxylic acid groups (broad SMARTS) is 1. The van der Waals surface area contributed by atoms with Crippen molar-refractivity contribution < 1.29 is 14.3 Å². The first-order valence-electron chi connectivity index (χ1n) is 10.2. The second-order valence-electron chi connectivity index (χ2n) is 7.37. The van der Waals surface area contributed by atoms with E-state index >= 15 is 0 Å². The molecule has 0 bridgehead atoms. The minimum Gasteiger partial charge on any atom is -0.478 e. The Labute approximate surface area is 190 Å². The molecule has 32 heavy (non-hydrogen) atoms. The second-order valence-corrected chi connectivity index (χ2v) is 7.78. The Balaban J connectivity index is 1.98. The molecule has 3 nitrogen and oxygen atoms in total. The van der Waals surface area contributed by atoms with E-state index in [-0.39, 0.29) is 5.82 Å². The molecule has 0 aliphatic rings. The van der Waals surface area contributed by atoms with Gasteiger partial charge in [0.05, 0.1) is 5.02 Å². The molecule has 0 saturated carbocycles. The quantitative estimate of drug-likeness (QED) is 0.239. The highest BCUT2D eigenvalue weighted by Gasteiger charge is 2.17. The van der Waals surface area contributed by atoms with E-state index in [0.29, 0.717) is 11.4 Å². The van der Waals surface area contributed by atoms with Gasteiger partial charge in [0.2, 0.25) is 0 Å². The smallest absolute Gasteiger partial charge is 0.328 e. The van der Waals surface area contributed by atoms with Gasteiger partial charge in [-0.3, -0.25) is 0 Å². The molecule has 0 amide bonds. The maximum absolute atomic E-state index is 13.7. The Morgan fingerprint density at radius 1 is 1.06 bits per heavy atom. The molecule has 0 radical (unpaired) electrons. The first-order chi connectivity index (χ1) is 15.5. The van der Waals surface area contributed by atoms with Crippen molar-refractivity contribution in [3.63, 3.8) is 0 Å². The Morgan fingerprint density at radius 2 is 1.84 bits per heavy atom. The number of halogens is 2. The van der Waals surface area contributed by atoms with Crippen LogP contribution in [0.5, 0.6) is 0 Å². The third-order valence-electron chi connectivity index (χ3n) is 5.39. The number of aromatic amines is 1. The number of nitrogens with one attached hydrogen (secondary N) is 1. The van der Waals surface area contributed by atoms with Gasteiger partial charge in [0, 0.05) is 23.2 Å². The van der Waals surface area contributed by atoms with E-state index in [1.54, 1.807) is 12.1 Å². The number of carbonyl (C=O) groups is 1. The van der Waals surface area contributed by atoms with E-state index in [0.717, 1.165) is 50.4 Å². The Hall–Kier alpha value is -3.63. The zero-order valence-electron chi connectivity index (χ0n) is 17.4. The van der Waals surface area contributed by atoms with Crippen molar-refractivity contribution in [2.75, 3.05) is 0 Å². The lowest BCUT2D eigenvalue weighted by Crippen LogP contribution is -1.97. The molecule has 160 valence electrons. The first kappa shape index (κ1) is 21.6. The van der Waals surface area contributed by atoms with Crippen LogP contribution in [0.25, 0.3) is 28.1 Å². The summed E-state index contributed by atoms with van der Waals surface area (Å²) in [6.07, 6.45) is 5.26. The summed E-state index contributed by atoms with van der Waals surface area (Å²) in [5.74, 6) is -1.37. The Bertz CT molecular complexity index is 1350. The molecule has 0 saturated heterocycles. The van der Waals surface area contributed by atoms with Crippen molar-refractivity contribution in [2.24, 2.45) is 0 Å². The lowest BCUT2D eigenvalue weighted by molar-refractivity contribution is -0.131. The fraction of sp³-hybridized carbons (Fsp3) is 0.0741. The van der Waals surface area contributed by atoms with E-state index in [2.05, 4.69) is 18.0 Å². The highest BCUT2D eigenvalue weighted by Crippen LogP contribution is 2.39. The summed E-state index contributed by atoms with van der Waals surface area (Å²) in [6.45, 7) is 2.05. The van der Waals surface area contributed by atoms with Crippen LogP contribution in [0.3, 0.4) is 0 Å². The standard InChI is InChI=1S/C27H21ClFNO2/c1-2-20(21-12-11-19(29)16-24(21)28)27(23-4-3-5-25-22(23)14-15-30-25)18-9-6-17(7-10-18)8-13-26(31)32/h3-16,30H,2H2,1H3,(H,31,32)/b13-8+,27-20+. The molecule has 0 atom stereocenters. The normalized spacial score (nSPS) is 12.3. The van der Waals surface area contributed by atoms with Gasteiger partial charge in [-0.25, -0.2) is 9.18 Å². The monoisotopic (exact) mass is 445 g/mol. The van der Waals surface area contributed by atoms with E-state index in [4.69, 9.17) is 16.7 Å². The first-order valence-corrected chi connectivity index (χ1v) is 10.6. The molecule has 0 unspecified atom stereocenters. The van der Waals surface area contributed by atoms with Crippen LogP contribution in [-0.2, 0) is 4.79 Å². The lowest BCUT2D eigenvalue weighted by Gasteiger charge is -2.18. The zero-order chi connectivity index (χ0) is 22.7. The molecule has 4 aromatic rings. The van der Waals surface area contributed by atoms with Gasteiger partial charge in [-0.2, -0.15) is 0 Å². The van der Waals surface area contributed by atoms with Gasteiger partial charge in [0.15, 0.2) is 0 Å². The van der Waals surface area contributed by atoms with E-state index in [1.165, 1.54) is 12.1 Å². The van der Waals surface area contributed by atoms with Crippen LogP contribution in [0, 0.1) is 5.82 Å². The molecular formula is C27H21ClFNO2. The van der Waals surface area contributed by atoms with E-state index < -0.39 is 5.97 Å². The van der Waals surface area contributed by atoms with Gasteiger partial charge < -0.3 is 10.1 Å². The summed E-state index contributed by atoms with van der Waals surface area (Å²) in [5.41, 5.74) is 6.58. The fourth-order valence-corrected chi connectivity index (χ4v) is 4.24. The number of hydrogen-bond acceptors (Lipinski definition) is 1. The SMILES string of the molecule is CC/C(=C(/c1ccc(/C=C/C(=O)O)cc1)c1cccc2[nH]ccc12)c1ccc(F)cc1Cl. The van der Waals surface area contributed by atoms with Gasteiger partial charge in [-0.05, 0) is 70.2 Å². The minimum absolute atomic E-state index is 0.363. The molecule has 5 heteroatoms. The van der Waals surface area contributed by atoms with Crippen LogP contribution >= 0.6 is 11.6 Å². The average molecular weight is 446 g/mol. The van der Waals surface area contributed by atoms with Gasteiger partial charge in [0.25, 0.3) is 0 Å². The van der Waals surface area contributed by atoms with Crippen LogP contribution in [0.1, 0.15) is 35.6 Å². The molecule has 0 fully saturated rings. The van der Waals surface area contributed by atoms with Gasteiger partial charge in [-0.1, -0.05) is 61.0 Å². The molecule has 4 rings (SSSR count). The highest BCUT2D eigenvalue weighted by atomic mass is 35.5. The van der Waals surface area contributed by atoms with Crippen molar-refractivity contribution in [2.45, 2.75) is 13.3 Å². The van der Waals surface area contributed by atoms with Gasteiger partial charge in [0.1, 0.15) is 5.82 Å². The van der Waals surface area contributed by atoms with Crippen molar-refractivity contribution in [1.29, 1.82) is 0 Å². The Morgan fingerprint density at radius 3 is 2.53 bits per heavy atom. The van der Waals surface area contributed by atoms with Crippen LogP contribution in [0.15, 0.2) is 79.0 Å². The summed E-state index contributed by atoms with van der Waals surface area (Å²) < 4.78 is 13.7. The highest BCUT2D eigenvalue weighted by molar-refractivity contribution is 6.32. The van der Waals surface area contributed by atoms with Crippen LogP contribution in [-0.4, -0.2) is 16.1 Å². The summed E-state index contributed by atoms with van der Waals surface area (Å²) in [5, 5.41) is 10.3. The summed E-state index contributed by atoms with van der Waals surface area (Å²) >= 11 is 6.47. The average Bonchev–Trinajstić information content (AvgIpc) is 3.26. The topological polar surface area (TPSA) is 53.1 Å². The van der Waals surface area contributed by atoms with Crippen molar-refractivity contribution >= 4 is 45.7 Å². The van der Waals surface area contributed by atoms with Gasteiger partial charge >= 0.3 is 5.97 Å². The molecule has 2 N–H and O–H groups in total. The Kier molecular flexibility index (Phi) is 6.24. The maximum atomic E-state index is 13.7. The summed E-state index contributed by atoms with van der Waals surface area (Å²) in [6, 6.07) is 20.3. The number of aromatic nitrogens is 1. The van der Waals surface area contributed by atoms with E-state index in [1.807, 2.05) is 48.7 Å². The number of rotatable bonds is 6. The maximum Gasteiger partial charge on any atom is 0.328 e. The van der Waals surface area contributed by atoms with Crippen molar-refractivity contribution in [3.05, 3.63) is 112 Å². The molecule has 0 aliphatic heterocycles. The zero-order valence-corrected chi connectivity index (χ0v) is 18.2. The number of carboxylic acids is 1. The summed E-state index contributed by atoms with van der Waals surface area (Å²) in [7, 11) is 0. The number of benzene rings is 3. The second kappa shape index (κ2) is 9.25. The molecule has 1 aromatic heterocycles. The number of H-pyrrole nitrogens is 1. The molecule has 0 aliphatic carbocycles.